The molecule has 1 fully saturated rings. The fourth-order valence-corrected chi connectivity index (χ4v) is 8.34. The van der Waals surface area contributed by atoms with Crippen LogP contribution in [-0.2, 0) is 59.3 Å². The Labute approximate surface area is 380 Å². The highest BCUT2D eigenvalue weighted by molar-refractivity contribution is 5.98. The van der Waals surface area contributed by atoms with Gasteiger partial charge < -0.3 is 35.8 Å². The van der Waals surface area contributed by atoms with Crippen LogP contribution in [0.4, 0.5) is 0 Å². The van der Waals surface area contributed by atoms with E-state index in [4.69, 9.17) is 4.74 Å². The largest absolute Gasteiger partial charge is 0.383 e. The van der Waals surface area contributed by atoms with Crippen LogP contribution < -0.4 is 21.3 Å². The lowest BCUT2D eigenvalue weighted by Crippen LogP contribution is -2.58. The predicted molar refractivity (Wildman–Crippen MR) is 246 cm³/mol. The van der Waals surface area contributed by atoms with Crippen molar-refractivity contribution in [2.75, 3.05) is 46.9 Å². The van der Waals surface area contributed by atoms with E-state index in [1.807, 2.05) is 72.8 Å². The lowest BCUT2D eigenvalue weighted by molar-refractivity contribution is -0.141. The van der Waals surface area contributed by atoms with E-state index in [0.717, 1.165) is 28.3 Å². The third-order valence-corrected chi connectivity index (χ3v) is 12.1. The van der Waals surface area contributed by atoms with Crippen LogP contribution in [0.5, 0.6) is 0 Å². The van der Waals surface area contributed by atoms with Gasteiger partial charge in [-0.05, 0) is 66.0 Å². The van der Waals surface area contributed by atoms with Crippen molar-refractivity contribution in [1.29, 1.82) is 0 Å². The van der Waals surface area contributed by atoms with Gasteiger partial charge in [0.25, 0.3) is 0 Å². The molecule has 0 aromatic heterocycles. The van der Waals surface area contributed by atoms with Gasteiger partial charge in [0, 0.05) is 71.0 Å². The molecule has 2 aliphatic heterocycles. The van der Waals surface area contributed by atoms with E-state index in [-0.39, 0.29) is 69.6 Å². The second-order valence-electron chi connectivity index (χ2n) is 16.8. The standard InChI is InChI=1S/C51H58N6O8/c1-35(58)38-18-20-40(21-19-38)39-16-14-36(15-17-39)30-44-48(62)53-33-42-13-8-7-12-41(42)31-46(60)54-43(49(63)56(2)28-29-65-3)24-26-52-45(59)22-23-47(61)57-27-9-25-51(34-57,50(64)55-44)32-37-10-5-4-6-11-37/h4-8,10-23,43-44H,9,24-34H2,1-3H3,(H,52,59)(H,53,62)(H,54,60)(H,55,64)/b23-22+/t43-,44-,51-/m1/s1. The molecule has 0 unspecified atom stereocenters. The molecular formula is C51H58N6O8. The van der Waals surface area contributed by atoms with E-state index in [9.17, 15) is 33.6 Å². The number of ketones is 1. The van der Waals surface area contributed by atoms with Crippen molar-refractivity contribution in [3.63, 3.8) is 0 Å². The van der Waals surface area contributed by atoms with Crippen molar-refractivity contribution in [3.8, 4) is 11.1 Å². The molecule has 2 bridgehead atoms. The number of carbonyl (C=O) groups is 7. The average molecular weight is 883 g/mol. The summed E-state index contributed by atoms with van der Waals surface area (Å²) in [5.41, 5.74) is 4.30. The zero-order valence-corrected chi connectivity index (χ0v) is 37.3. The number of ether oxygens (including phenoxy) is 1. The van der Waals surface area contributed by atoms with Crippen LogP contribution in [0.2, 0.25) is 0 Å². The maximum absolute atomic E-state index is 14.9. The number of nitrogens with one attached hydrogen (secondary N) is 4. The Bertz CT molecular complexity index is 2370. The van der Waals surface area contributed by atoms with Crippen molar-refractivity contribution in [3.05, 3.63) is 143 Å². The number of likely N-dealkylation sites (N-methyl/N-ethyl adjacent to an activating group) is 1. The molecular weight excluding hydrogens is 825 g/mol. The Morgan fingerprint density at radius 2 is 1.48 bits per heavy atom. The number of Topliss-reactive ketones (excluding diaryl/α,β-unsaturated/α-hetero) is 1. The number of fused-ring (bicyclic) bond motifs is 3. The van der Waals surface area contributed by atoms with Gasteiger partial charge in [-0.1, -0.05) is 103 Å². The minimum absolute atomic E-state index is 0.0221. The molecule has 0 radical (unpaired) electrons. The normalized spacial score (nSPS) is 20.7. The van der Waals surface area contributed by atoms with Gasteiger partial charge >= 0.3 is 0 Å². The second kappa shape index (κ2) is 22.6. The summed E-state index contributed by atoms with van der Waals surface area (Å²) >= 11 is 0. The van der Waals surface area contributed by atoms with E-state index in [1.165, 1.54) is 25.0 Å². The number of nitrogens with zero attached hydrogens (tertiary/aromatic N) is 2. The number of benzene rings is 4. The smallest absolute Gasteiger partial charge is 0.246 e. The number of amides is 6. The Morgan fingerprint density at radius 3 is 2.17 bits per heavy atom. The molecule has 0 spiro atoms. The molecule has 4 aromatic rings. The van der Waals surface area contributed by atoms with Crippen LogP contribution in [-0.4, -0.2) is 110 Å². The summed E-state index contributed by atoms with van der Waals surface area (Å²) in [6.45, 7) is 2.58. The molecule has 2 heterocycles. The first-order chi connectivity index (χ1) is 31.3. The van der Waals surface area contributed by atoms with Crippen molar-refractivity contribution >= 4 is 41.2 Å². The van der Waals surface area contributed by atoms with Gasteiger partial charge in [0.1, 0.15) is 12.1 Å². The zero-order chi connectivity index (χ0) is 46.3. The topological polar surface area (TPSA) is 183 Å². The monoisotopic (exact) mass is 882 g/mol. The average Bonchev–Trinajstić information content (AvgIpc) is 3.31. The van der Waals surface area contributed by atoms with E-state index in [1.54, 1.807) is 42.3 Å². The SMILES string of the molecule is COCCN(C)C(=O)[C@H]1CCNC(=O)/C=C/C(=O)N2CCC[C@@](Cc3ccccc3)(C2)C(=O)N[C@H](Cc2ccc(-c3ccc(C(C)=O)cc3)cc2)C(=O)NCc2ccccc2CC(=O)N1. The molecule has 4 N–H and O–H groups in total. The number of piperidine rings is 1. The molecule has 0 aliphatic carbocycles. The van der Waals surface area contributed by atoms with Gasteiger partial charge in [0.2, 0.25) is 35.4 Å². The maximum atomic E-state index is 14.9. The van der Waals surface area contributed by atoms with Crippen LogP contribution in [0.3, 0.4) is 0 Å². The maximum Gasteiger partial charge on any atom is 0.246 e. The third-order valence-electron chi connectivity index (χ3n) is 12.1. The number of carbonyl (C=O) groups excluding carboxylic acids is 7. The van der Waals surface area contributed by atoms with Gasteiger partial charge in [0.15, 0.2) is 5.78 Å². The number of methoxy groups -OCH3 is 1. The summed E-state index contributed by atoms with van der Waals surface area (Å²) in [4.78, 5) is 98.1. The first-order valence-corrected chi connectivity index (χ1v) is 22.0. The Kier molecular flexibility index (Phi) is 16.5. The summed E-state index contributed by atoms with van der Waals surface area (Å²) in [6.07, 6.45) is 3.68. The van der Waals surface area contributed by atoms with Gasteiger partial charge in [0.05, 0.1) is 18.4 Å². The Balaban J connectivity index is 1.33. The molecule has 6 rings (SSSR count). The predicted octanol–water partition coefficient (Wildman–Crippen LogP) is 3.96. The molecule has 1 saturated heterocycles. The van der Waals surface area contributed by atoms with Crippen LogP contribution in [0.15, 0.2) is 115 Å². The minimum Gasteiger partial charge on any atom is -0.383 e. The first kappa shape index (κ1) is 47.5. The quantitative estimate of drug-likeness (QED) is 0.173. The summed E-state index contributed by atoms with van der Waals surface area (Å²) < 4.78 is 5.14. The number of rotatable bonds is 10. The molecule has 4 aromatic carbocycles. The van der Waals surface area contributed by atoms with Crippen molar-refractivity contribution in [2.45, 2.75) is 64.1 Å². The van der Waals surface area contributed by atoms with Crippen LogP contribution in [0, 0.1) is 5.41 Å². The molecule has 14 nitrogen and oxygen atoms in total. The van der Waals surface area contributed by atoms with Crippen molar-refractivity contribution < 1.29 is 38.3 Å². The van der Waals surface area contributed by atoms with E-state index >= 15 is 0 Å². The first-order valence-electron chi connectivity index (χ1n) is 22.0. The van der Waals surface area contributed by atoms with Crippen LogP contribution >= 0.6 is 0 Å². The summed E-state index contributed by atoms with van der Waals surface area (Å²) in [5.74, 6) is -2.64. The molecule has 3 atom stereocenters. The van der Waals surface area contributed by atoms with Gasteiger partial charge in [-0.15, -0.1) is 0 Å². The van der Waals surface area contributed by atoms with Crippen LogP contribution in [0.1, 0.15) is 58.8 Å². The lowest BCUT2D eigenvalue weighted by atomic mass is 9.74. The molecule has 14 heteroatoms. The lowest BCUT2D eigenvalue weighted by Gasteiger charge is -2.42. The van der Waals surface area contributed by atoms with E-state index in [0.29, 0.717) is 42.5 Å². The highest BCUT2D eigenvalue weighted by Crippen LogP contribution is 2.35. The summed E-state index contributed by atoms with van der Waals surface area (Å²) in [7, 11) is 3.14. The second-order valence-corrected chi connectivity index (χ2v) is 16.8. The molecule has 65 heavy (non-hydrogen) atoms. The highest BCUT2D eigenvalue weighted by Gasteiger charge is 2.44. The van der Waals surface area contributed by atoms with Crippen molar-refractivity contribution in [1.82, 2.24) is 31.1 Å². The summed E-state index contributed by atoms with van der Waals surface area (Å²) in [6, 6.07) is 29.7. The van der Waals surface area contributed by atoms with Gasteiger partial charge in [-0.3, -0.25) is 33.6 Å². The zero-order valence-electron chi connectivity index (χ0n) is 37.3. The molecule has 0 saturated carbocycles. The molecule has 340 valence electrons. The van der Waals surface area contributed by atoms with Gasteiger partial charge in [-0.2, -0.15) is 0 Å². The third kappa shape index (κ3) is 13.1. The fourth-order valence-electron chi connectivity index (χ4n) is 8.34. The Morgan fingerprint density at radius 1 is 0.800 bits per heavy atom. The number of hydrogen-bond donors (Lipinski definition) is 4. The van der Waals surface area contributed by atoms with Gasteiger partial charge in [-0.25, -0.2) is 0 Å². The minimum atomic E-state index is -1.12. The highest BCUT2D eigenvalue weighted by atomic mass is 16.5. The Hall–Kier alpha value is -6.93. The molecule has 6 amide bonds. The van der Waals surface area contributed by atoms with Crippen LogP contribution in [0.25, 0.3) is 11.1 Å². The summed E-state index contributed by atoms with van der Waals surface area (Å²) in [5, 5.41) is 11.7. The van der Waals surface area contributed by atoms with Crippen molar-refractivity contribution in [2.24, 2.45) is 5.41 Å². The fraction of sp³-hybridized carbons (Fsp3) is 0.353. The van der Waals surface area contributed by atoms with E-state index < -0.39 is 41.1 Å². The number of hydrogen-bond acceptors (Lipinski definition) is 8. The van der Waals surface area contributed by atoms with E-state index in [2.05, 4.69) is 21.3 Å². The molecule has 2 aliphatic rings.